The average molecular weight is 416 g/mol. The number of carbonyl (C=O) groups excluding carboxylic acids is 2. The average Bonchev–Trinajstić information content (AvgIpc) is 3.28. The molecule has 1 amide bonds. The van der Waals surface area contributed by atoms with Gasteiger partial charge >= 0.3 is 12.3 Å². The van der Waals surface area contributed by atoms with Gasteiger partial charge in [0.2, 0.25) is 11.8 Å². The van der Waals surface area contributed by atoms with Gasteiger partial charge in [-0.15, -0.1) is 13.2 Å². The summed E-state index contributed by atoms with van der Waals surface area (Å²) in [7, 11) is 0. The minimum Gasteiger partial charge on any atom is -0.406 e. The van der Waals surface area contributed by atoms with Gasteiger partial charge in [0.15, 0.2) is 5.70 Å². The molecule has 0 bridgehead atoms. The molecule has 2 aliphatic heterocycles. The van der Waals surface area contributed by atoms with Crippen LogP contribution in [0.15, 0.2) is 59.2 Å². The second kappa shape index (κ2) is 7.66. The number of anilines is 1. The molecule has 2 heterocycles. The summed E-state index contributed by atoms with van der Waals surface area (Å²) in [6.45, 7) is 0.674. The minimum absolute atomic E-state index is 0.0216. The normalized spacial score (nSPS) is 18.0. The van der Waals surface area contributed by atoms with Gasteiger partial charge in [-0.3, -0.25) is 4.79 Å². The lowest BCUT2D eigenvalue weighted by atomic mass is 10.2. The van der Waals surface area contributed by atoms with Crippen molar-refractivity contribution in [2.45, 2.75) is 19.2 Å². The molecule has 1 fully saturated rings. The molecule has 1 saturated heterocycles. The smallest absolute Gasteiger partial charge is 0.406 e. The Labute approximate surface area is 169 Å². The molecule has 2 aliphatic rings. The molecule has 154 valence electrons. The van der Waals surface area contributed by atoms with Crippen LogP contribution in [0.3, 0.4) is 0 Å². The van der Waals surface area contributed by atoms with E-state index in [1.165, 1.54) is 18.2 Å². The lowest BCUT2D eigenvalue weighted by Crippen LogP contribution is -2.23. The number of aliphatic imine (C=N–C) groups is 1. The van der Waals surface area contributed by atoms with E-state index in [-0.39, 0.29) is 23.3 Å². The summed E-state index contributed by atoms with van der Waals surface area (Å²) in [5.41, 5.74) is 1.82. The highest BCUT2D eigenvalue weighted by Gasteiger charge is 2.31. The lowest BCUT2D eigenvalue weighted by molar-refractivity contribution is -0.274. The van der Waals surface area contributed by atoms with E-state index in [4.69, 9.17) is 4.74 Å². The van der Waals surface area contributed by atoms with Gasteiger partial charge in [-0.2, -0.15) is 0 Å². The Morgan fingerprint density at radius 1 is 1.03 bits per heavy atom. The number of hydrogen-bond acceptors (Lipinski definition) is 5. The zero-order chi connectivity index (χ0) is 21.3. The summed E-state index contributed by atoms with van der Waals surface area (Å²) in [5, 5.41) is 0. The molecular formula is C21H15F3N2O4. The summed E-state index contributed by atoms with van der Waals surface area (Å²) < 4.78 is 45.7. The molecule has 0 radical (unpaired) electrons. The number of esters is 1. The van der Waals surface area contributed by atoms with Crippen molar-refractivity contribution in [2.24, 2.45) is 4.99 Å². The van der Waals surface area contributed by atoms with Crippen LogP contribution in [0.1, 0.15) is 24.0 Å². The number of nitrogens with zero attached hydrogens (tertiary/aromatic N) is 2. The van der Waals surface area contributed by atoms with E-state index in [1.807, 2.05) is 0 Å². The highest BCUT2D eigenvalue weighted by atomic mass is 19.4. The molecule has 0 aromatic heterocycles. The molecule has 2 aromatic carbocycles. The van der Waals surface area contributed by atoms with Gasteiger partial charge in [0.1, 0.15) is 5.75 Å². The van der Waals surface area contributed by atoms with Crippen LogP contribution < -0.4 is 9.64 Å². The number of hydrogen-bond donors (Lipinski definition) is 0. The Hall–Kier alpha value is -3.62. The molecule has 0 unspecified atom stereocenters. The molecule has 0 spiro atoms. The Kier molecular flexibility index (Phi) is 5.03. The van der Waals surface area contributed by atoms with Crippen molar-refractivity contribution in [1.29, 1.82) is 0 Å². The Morgan fingerprint density at radius 2 is 1.73 bits per heavy atom. The molecule has 0 saturated carbocycles. The number of amides is 1. The van der Waals surface area contributed by atoms with Crippen LogP contribution in [0.4, 0.5) is 18.9 Å². The largest absolute Gasteiger partial charge is 0.573 e. The third kappa shape index (κ3) is 4.35. The number of benzene rings is 2. The van der Waals surface area contributed by atoms with Gasteiger partial charge in [0.05, 0.1) is 0 Å². The first-order valence-corrected chi connectivity index (χ1v) is 9.08. The van der Waals surface area contributed by atoms with E-state index in [2.05, 4.69) is 9.73 Å². The maximum absolute atomic E-state index is 12.2. The van der Waals surface area contributed by atoms with Crippen molar-refractivity contribution < 1.29 is 32.2 Å². The van der Waals surface area contributed by atoms with E-state index in [1.54, 1.807) is 29.2 Å². The number of ether oxygens (including phenoxy) is 2. The van der Waals surface area contributed by atoms with Gasteiger partial charge in [-0.25, -0.2) is 9.79 Å². The fourth-order valence-corrected chi connectivity index (χ4v) is 3.16. The van der Waals surface area contributed by atoms with E-state index >= 15 is 0 Å². The van der Waals surface area contributed by atoms with Gasteiger partial charge in [0.25, 0.3) is 0 Å². The first-order valence-electron chi connectivity index (χ1n) is 9.08. The van der Waals surface area contributed by atoms with Crippen molar-refractivity contribution in [3.63, 3.8) is 0 Å². The lowest BCUT2D eigenvalue weighted by Gasteiger charge is -2.15. The van der Waals surface area contributed by atoms with Gasteiger partial charge in [-0.1, -0.05) is 12.1 Å². The number of rotatable bonds is 4. The number of carbonyl (C=O) groups is 2. The quantitative estimate of drug-likeness (QED) is 0.557. The maximum Gasteiger partial charge on any atom is 0.573 e. The second-order valence-electron chi connectivity index (χ2n) is 6.65. The van der Waals surface area contributed by atoms with Crippen molar-refractivity contribution in [2.75, 3.05) is 11.4 Å². The predicted molar refractivity (Wildman–Crippen MR) is 102 cm³/mol. The fourth-order valence-electron chi connectivity index (χ4n) is 3.16. The standard InChI is InChI=1S/C21H15F3N2O4/c22-21(23,24)30-16-9-3-13(4-10-16)12-17-20(28)29-19(25-17)14-5-7-15(8-6-14)26-11-1-2-18(26)27/h3-10,12H,1-2,11H2/b17-12+. The second-order valence-corrected chi connectivity index (χ2v) is 6.65. The SMILES string of the molecule is O=C1OC(c2ccc(N3CCCC3=O)cc2)=N/C1=C/c1ccc(OC(F)(F)F)cc1. The van der Waals surface area contributed by atoms with Crippen molar-refractivity contribution in [3.05, 3.63) is 65.4 Å². The highest BCUT2D eigenvalue weighted by molar-refractivity contribution is 6.13. The first kappa shape index (κ1) is 19.7. The zero-order valence-electron chi connectivity index (χ0n) is 15.5. The van der Waals surface area contributed by atoms with Crippen LogP contribution in [0.5, 0.6) is 5.75 Å². The summed E-state index contributed by atoms with van der Waals surface area (Å²) in [6.07, 6.45) is -2.01. The number of alkyl halides is 3. The molecule has 4 rings (SSSR count). The first-order chi connectivity index (χ1) is 14.3. The number of halogens is 3. The Balaban J connectivity index is 1.50. The van der Waals surface area contributed by atoms with E-state index in [0.29, 0.717) is 24.1 Å². The molecule has 0 atom stereocenters. The van der Waals surface area contributed by atoms with Crippen LogP contribution in [-0.4, -0.2) is 30.7 Å². The predicted octanol–water partition coefficient (Wildman–Crippen LogP) is 4.06. The van der Waals surface area contributed by atoms with Crippen LogP contribution in [0, 0.1) is 0 Å². The van der Waals surface area contributed by atoms with E-state index in [9.17, 15) is 22.8 Å². The summed E-state index contributed by atoms with van der Waals surface area (Å²) in [4.78, 5) is 29.8. The summed E-state index contributed by atoms with van der Waals surface area (Å²) >= 11 is 0. The number of cyclic esters (lactones) is 1. The van der Waals surface area contributed by atoms with Crippen molar-refractivity contribution in [1.82, 2.24) is 0 Å². The zero-order valence-corrected chi connectivity index (χ0v) is 15.5. The van der Waals surface area contributed by atoms with Gasteiger partial charge in [-0.05, 0) is 54.5 Å². The Morgan fingerprint density at radius 3 is 2.33 bits per heavy atom. The summed E-state index contributed by atoms with van der Waals surface area (Å²) in [5.74, 6) is -0.842. The molecule has 0 N–H and O–H groups in total. The van der Waals surface area contributed by atoms with Crippen LogP contribution >= 0.6 is 0 Å². The van der Waals surface area contributed by atoms with Gasteiger partial charge in [0, 0.05) is 24.2 Å². The molecule has 0 aliphatic carbocycles. The molecule has 6 nitrogen and oxygen atoms in total. The third-order valence-electron chi connectivity index (χ3n) is 4.54. The highest BCUT2D eigenvalue weighted by Crippen LogP contribution is 2.26. The van der Waals surface area contributed by atoms with Crippen LogP contribution in [0.25, 0.3) is 6.08 Å². The third-order valence-corrected chi connectivity index (χ3v) is 4.54. The monoisotopic (exact) mass is 416 g/mol. The fraction of sp³-hybridized carbons (Fsp3) is 0.190. The van der Waals surface area contributed by atoms with Crippen molar-refractivity contribution in [3.8, 4) is 5.75 Å². The minimum atomic E-state index is -4.77. The molecular weight excluding hydrogens is 401 g/mol. The van der Waals surface area contributed by atoms with Crippen LogP contribution in [-0.2, 0) is 14.3 Å². The molecule has 9 heteroatoms. The Bertz CT molecular complexity index is 1040. The van der Waals surface area contributed by atoms with E-state index < -0.39 is 12.3 Å². The molecule has 30 heavy (non-hydrogen) atoms. The maximum atomic E-state index is 12.2. The van der Waals surface area contributed by atoms with E-state index in [0.717, 1.165) is 24.2 Å². The molecule has 2 aromatic rings. The topological polar surface area (TPSA) is 68.2 Å². The van der Waals surface area contributed by atoms with Gasteiger partial charge < -0.3 is 14.4 Å². The van der Waals surface area contributed by atoms with Crippen LogP contribution in [0.2, 0.25) is 0 Å². The summed E-state index contributed by atoms with van der Waals surface area (Å²) in [6, 6.07) is 12.0. The van der Waals surface area contributed by atoms with Crippen molar-refractivity contribution >= 4 is 29.5 Å².